The maximum absolute atomic E-state index is 14.1. The van der Waals surface area contributed by atoms with Crippen LogP contribution in [-0.2, 0) is 11.0 Å². The summed E-state index contributed by atoms with van der Waals surface area (Å²) in [5.41, 5.74) is 0.403. The first-order chi connectivity index (χ1) is 19.1. The first-order valence-electron chi connectivity index (χ1n) is 12.7. The van der Waals surface area contributed by atoms with Gasteiger partial charge < -0.3 is 19.6 Å². The van der Waals surface area contributed by atoms with E-state index in [2.05, 4.69) is 25.1 Å². The fraction of sp³-hybridized carbons (Fsp3) is 0.370. The van der Waals surface area contributed by atoms with Crippen molar-refractivity contribution in [1.29, 1.82) is 0 Å². The minimum absolute atomic E-state index is 0.00872. The van der Waals surface area contributed by atoms with Crippen molar-refractivity contribution < 1.29 is 32.7 Å². The number of likely N-dealkylation sites (tertiary alicyclic amines) is 1. The second-order valence-electron chi connectivity index (χ2n) is 9.93. The van der Waals surface area contributed by atoms with Gasteiger partial charge in [-0.25, -0.2) is 9.67 Å². The standard InChI is InChI=1S/C27H27F3N6O4/c1-16-8-9-31-22(11-16)36-24(27(28,29)30)20(13-32-36)26-33-25(34-40-26)19-6-4-18(5-7-19)21(37)15-35-10-2-3-17(14-35)12-23(38)39/h4-9,11,13,17,21,37H,2-3,10,12,14-15H2,1H3,(H,38,39)/t17-,21+/m1/s1. The highest BCUT2D eigenvalue weighted by Crippen LogP contribution is 2.38. The fourth-order valence-electron chi connectivity index (χ4n) is 4.97. The summed E-state index contributed by atoms with van der Waals surface area (Å²) < 4.78 is 48.1. The van der Waals surface area contributed by atoms with Crippen LogP contribution in [0.15, 0.2) is 53.3 Å². The minimum atomic E-state index is -4.77. The van der Waals surface area contributed by atoms with Crippen LogP contribution in [0.3, 0.4) is 0 Å². The highest BCUT2D eigenvalue weighted by molar-refractivity contribution is 5.67. The number of carboxylic acids is 1. The van der Waals surface area contributed by atoms with E-state index in [1.807, 2.05) is 0 Å². The molecule has 0 radical (unpaired) electrons. The summed E-state index contributed by atoms with van der Waals surface area (Å²) in [6.07, 6.45) is -1.30. The van der Waals surface area contributed by atoms with Crippen LogP contribution in [0.1, 0.15) is 42.2 Å². The number of aliphatic hydroxyl groups excluding tert-OH is 1. The van der Waals surface area contributed by atoms with Crippen molar-refractivity contribution >= 4 is 5.97 Å². The number of benzene rings is 1. The first-order valence-corrected chi connectivity index (χ1v) is 12.7. The SMILES string of the molecule is Cc1ccnc(-n2ncc(-c3nc(-c4ccc([C@@H](O)CN5CCC[C@H](CC(=O)O)C5)cc4)no3)c2C(F)(F)F)c1. The Labute approximate surface area is 227 Å². The van der Waals surface area contributed by atoms with Crippen LogP contribution in [0, 0.1) is 12.8 Å². The number of alkyl halides is 3. The summed E-state index contributed by atoms with van der Waals surface area (Å²) in [5, 5.41) is 27.6. The van der Waals surface area contributed by atoms with Crippen molar-refractivity contribution in [3.8, 4) is 28.7 Å². The van der Waals surface area contributed by atoms with E-state index < -0.39 is 23.9 Å². The number of pyridine rings is 1. The lowest BCUT2D eigenvalue weighted by Gasteiger charge is -2.33. The summed E-state index contributed by atoms with van der Waals surface area (Å²) in [6, 6.07) is 9.85. The van der Waals surface area contributed by atoms with Crippen LogP contribution < -0.4 is 0 Å². The van der Waals surface area contributed by atoms with Crippen molar-refractivity contribution in [3.05, 3.63) is 65.6 Å². The van der Waals surface area contributed by atoms with Gasteiger partial charge in [-0.05, 0) is 55.5 Å². The number of halogens is 3. The van der Waals surface area contributed by atoms with Crippen LogP contribution in [-0.4, -0.2) is 65.6 Å². The van der Waals surface area contributed by atoms with E-state index in [1.54, 1.807) is 37.3 Å². The summed E-state index contributed by atoms with van der Waals surface area (Å²) >= 11 is 0. The maximum atomic E-state index is 14.1. The average molecular weight is 557 g/mol. The Balaban J connectivity index is 1.32. The van der Waals surface area contributed by atoms with Gasteiger partial charge in [0.15, 0.2) is 11.5 Å². The zero-order valence-electron chi connectivity index (χ0n) is 21.5. The first kappa shape index (κ1) is 27.5. The molecule has 0 spiro atoms. The zero-order chi connectivity index (χ0) is 28.4. The maximum Gasteiger partial charge on any atom is 0.434 e. The molecule has 0 saturated carbocycles. The van der Waals surface area contributed by atoms with Gasteiger partial charge in [0.25, 0.3) is 5.89 Å². The third kappa shape index (κ3) is 6.05. The lowest BCUT2D eigenvalue weighted by atomic mass is 9.94. The molecule has 0 amide bonds. The summed E-state index contributed by atoms with van der Waals surface area (Å²) in [6.45, 7) is 3.50. The number of carboxylic acid groups (broad SMARTS) is 1. The molecule has 10 nitrogen and oxygen atoms in total. The lowest BCUT2D eigenvalue weighted by molar-refractivity contribution is -0.142. The Hall–Kier alpha value is -4.10. The van der Waals surface area contributed by atoms with Gasteiger partial charge >= 0.3 is 12.1 Å². The number of aliphatic carboxylic acids is 1. The number of β-amino-alcohol motifs (C(OH)–C–C–N with tert-alkyl or cyclic N) is 1. The molecule has 1 aliphatic heterocycles. The molecule has 0 aliphatic carbocycles. The van der Waals surface area contributed by atoms with Gasteiger partial charge in [0.1, 0.15) is 0 Å². The van der Waals surface area contributed by atoms with Crippen LogP contribution in [0.5, 0.6) is 0 Å². The van der Waals surface area contributed by atoms with Gasteiger partial charge in [-0.3, -0.25) is 4.79 Å². The minimum Gasteiger partial charge on any atom is -0.481 e. The quantitative estimate of drug-likeness (QED) is 0.321. The molecule has 4 aromatic rings. The highest BCUT2D eigenvalue weighted by atomic mass is 19.4. The molecule has 1 saturated heterocycles. The second kappa shape index (κ2) is 11.2. The van der Waals surface area contributed by atoms with Crippen LogP contribution in [0.25, 0.3) is 28.7 Å². The number of nitrogens with zero attached hydrogens (tertiary/aromatic N) is 6. The molecule has 3 aromatic heterocycles. The molecule has 2 atom stereocenters. The topological polar surface area (TPSA) is 130 Å². The summed E-state index contributed by atoms with van der Waals surface area (Å²) in [5.74, 6) is -1.01. The number of piperidine rings is 1. The number of carbonyl (C=O) groups is 1. The molecule has 0 unspecified atom stereocenters. The van der Waals surface area contributed by atoms with Crippen LogP contribution >= 0.6 is 0 Å². The Morgan fingerprint density at radius 3 is 2.70 bits per heavy atom. The van der Waals surface area contributed by atoms with E-state index in [-0.39, 0.29) is 35.4 Å². The monoisotopic (exact) mass is 556 g/mol. The smallest absolute Gasteiger partial charge is 0.434 e. The predicted molar refractivity (Wildman–Crippen MR) is 136 cm³/mol. The molecule has 4 heterocycles. The average Bonchev–Trinajstić information content (AvgIpc) is 3.56. The van der Waals surface area contributed by atoms with E-state index in [0.717, 1.165) is 31.1 Å². The molecular formula is C27H27F3N6O4. The number of aryl methyl sites for hydroxylation is 1. The Kier molecular flexibility index (Phi) is 7.68. The van der Waals surface area contributed by atoms with Crippen LogP contribution in [0.4, 0.5) is 13.2 Å². The van der Waals surface area contributed by atoms with Gasteiger partial charge in [-0.15, -0.1) is 0 Å². The molecule has 210 valence electrons. The van der Waals surface area contributed by atoms with Gasteiger partial charge in [-0.2, -0.15) is 23.3 Å². The number of aromatic nitrogens is 5. The molecule has 1 aromatic carbocycles. The third-order valence-corrected chi connectivity index (χ3v) is 6.86. The second-order valence-corrected chi connectivity index (χ2v) is 9.93. The molecule has 2 N–H and O–H groups in total. The number of hydrogen-bond acceptors (Lipinski definition) is 8. The van der Waals surface area contributed by atoms with E-state index in [9.17, 15) is 23.1 Å². The van der Waals surface area contributed by atoms with Crippen molar-refractivity contribution in [3.63, 3.8) is 0 Å². The van der Waals surface area contributed by atoms with E-state index in [4.69, 9.17) is 9.63 Å². The van der Waals surface area contributed by atoms with Crippen molar-refractivity contribution in [2.45, 2.75) is 38.5 Å². The van der Waals surface area contributed by atoms with E-state index in [0.29, 0.717) is 28.9 Å². The van der Waals surface area contributed by atoms with Gasteiger partial charge in [0.2, 0.25) is 5.82 Å². The normalized spacial score (nSPS) is 17.2. The highest BCUT2D eigenvalue weighted by Gasteiger charge is 2.41. The van der Waals surface area contributed by atoms with E-state index in [1.165, 1.54) is 12.3 Å². The van der Waals surface area contributed by atoms with Crippen molar-refractivity contribution in [1.82, 2.24) is 29.8 Å². The molecule has 5 rings (SSSR count). The largest absolute Gasteiger partial charge is 0.481 e. The molecule has 0 bridgehead atoms. The van der Waals surface area contributed by atoms with E-state index >= 15 is 0 Å². The molecule has 13 heteroatoms. The fourth-order valence-corrected chi connectivity index (χ4v) is 4.97. The van der Waals surface area contributed by atoms with Gasteiger partial charge in [0.05, 0.1) is 17.9 Å². The lowest BCUT2D eigenvalue weighted by Crippen LogP contribution is -2.38. The van der Waals surface area contributed by atoms with Gasteiger partial charge in [0, 0.05) is 31.3 Å². The number of hydrogen-bond donors (Lipinski definition) is 2. The zero-order valence-corrected chi connectivity index (χ0v) is 21.5. The Morgan fingerprint density at radius 1 is 1.23 bits per heavy atom. The van der Waals surface area contributed by atoms with Crippen LogP contribution in [0.2, 0.25) is 0 Å². The molecule has 1 aliphatic rings. The van der Waals surface area contributed by atoms with Gasteiger partial charge in [-0.1, -0.05) is 29.4 Å². The Bertz CT molecular complexity index is 1480. The summed E-state index contributed by atoms with van der Waals surface area (Å²) in [7, 11) is 0. The summed E-state index contributed by atoms with van der Waals surface area (Å²) in [4.78, 5) is 21.3. The molecule has 40 heavy (non-hydrogen) atoms. The predicted octanol–water partition coefficient (Wildman–Crippen LogP) is 4.53. The molecule has 1 fully saturated rings. The van der Waals surface area contributed by atoms with Crippen molar-refractivity contribution in [2.24, 2.45) is 5.92 Å². The Morgan fingerprint density at radius 2 is 2.00 bits per heavy atom. The molecular weight excluding hydrogens is 529 g/mol. The van der Waals surface area contributed by atoms with Crippen molar-refractivity contribution in [2.75, 3.05) is 19.6 Å². The number of rotatable bonds is 8. The number of aliphatic hydroxyl groups is 1. The third-order valence-electron chi connectivity index (χ3n) is 6.86.